The molecule has 2 aromatic rings. The highest BCUT2D eigenvalue weighted by atomic mass is 16.3. The number of aryl methyl sites for hydroxylation is 1. The van der Waals surface area contributed by atoms with Crippen LogP contribution in [-0.2, 0) is 6.54 Å². The lowest BCUT2D eigenvalue weighted by atomic mass is 10.4. The lowest BCUT2D eigenvalue weighted by molar-refractivity contribution is 0.481. The monoisotopic (exact) mass is 243 g/mol. The van der Waals surface area contributed by atoms with Crippen molar-refractivity contribution in [2.45, 2.75) is 13.5 Å². The minimum Gasteiger partial charge on any atom is -0.464 e. The Balaban J connectivity index is 2.11. The molecular formula is C12H13N5O. The normalized spacial score (nSPS) is 9.83. The highest BCUT2D eigenvalue weighted by Crippen LogP contribution is 2.16. The van der Waals surface area contributed by atoms with Crippen LogP contribution in [0.5, 0.6) is 0 Å². The number of hydrogen-bond acceptors (Lipinski definition) is 6. The maximum atomic E-state index is 8.54. The van der Waals surface area contributed by atoms with E-state index in [1.54, 1.807) is 6.07 Å². The molecule has 0 amide bonds. The van der Waals surface area contributed by atoms with Gasteiger partial charge >= 0.3 is 0 Å². The van der Waals surface area contributed by atoms with Crippen LogP contribution in [0.2, 0.25) is 0 Å². The molecule has 0 aliphatic heterocycles. The molecule has 0 aliphatic rings. The molecule has 0 spiro atoms. The molecular weight excluding hydrogens is 230 g/mol. The Bertz CT molecular complexity index is 572. The molecule has 0 atom stereocenters. The van der Waals surface area contributed by atoms with Gasteiger partial charge in [-0.05, 0) is 19.1 Å². The van der Waals surface area contributed by atoms with E-state index in [1.807, 2.05) is 37.2 Å². The molecule has 6 nitrogen and oxygen atoms in total. The Hall–Kier alpha value is -2.55. The number of nitriles is 1. The highest BCUT2D eigenvalue weighted by Gasteiger charge is 2.07. The molecule has 0 saturated carbocycles. The van der Waals surface area contributed by atoms with Gasteiger partial charge in [-0.1, -0.05) is 0 Å². The molecule has 2 rings (SSSR count). The average molecular weight is 243 g/mol. The first kappa shape index (κ1) is 11.9. The Morgan fingerprint density at radius 2 is 2.28 bits per heavy atom. The van der Waals surface area contributed by atoms with Crippen molar-refractivity contribution in [2.24, 2.45) is 0 Å². The second-order valence-electron chi connectivity index (χ2n) is 3.87. The maximum Gasteiger partial charge on any atom is 0.182 e. The molecule has 2 heterocycles. The van der Waals surface area contributed by atoms with E-state index in [-0.39, 0.29) is 0 Å². The third-order valence-electron chi connectivity index (χ3n) is 2.42. The fourth-order valence-corrected chi connectivity index (χ4v) is 1.57. The summed E-state index contributed by atoms with van der Waals surface area (Å²) in [5.74, 6) is 2.94. The molecule has 0 fully saturated rings. The number of nitrogens with one attached hydrogen (secondary N) is 1. The van der Waals surface area contributed by atoms with Gasteiger partial charge < -0.3 is 9.32 Å². The number of anilines is 2. The standard InChI is InChI=1S/C12H13N5O/c1-9-3-4-10(18-9)6-17(2)12-5-11(14-7-13)15-8-16-12/h3-5,8H,6H2,1-2H3,(H,14,15,16). The summed E-state index contributed by atoms with van der Waals surface area (Å²) in [6, 6.07) is 5.56. The van der Waals surface area contributed by atoms with Crippen LogP contribution in [0.3, 0.4) is 0 Å². The summed E-state index contributed by atoms with van der Waals surface area (Å²) in [4.78, 5) is 10.00. The van der Waals surface area contributed by atoms with Gasteiger partial charge in [-0.25, -0.2) is 9.97 Å². The minimum atomic E-state index is 0.477. The summed E-state index contributed by atoms with van der Waals surface area (Å²) < 4.78 is 5.50. The van der Waals surface area contributed by atoms with Gasteiger partial charge in [0, 0.05) is 13.1 Å². The van der Waals surface area contributed by atoms with E-state index in [2.05, 4.69) is 15.3 Å². The van der Waals surface area contributed by atoms with Crippen LogP contribution in [0, 0.1) is 18.4 Å². The van der Waals surface area contributed by atoms with E-state index in [9.17, 15) is 0 Å². The van der Waals surface area contributed by atoms with Gasteiger partial charge in [-0.3, -0.25) is 5.32 Å². The fourth-order valence-electron chi connectivity index (χ4n) is 1.57. The first-order chi connectivity index (χ1) is 8.69. The van der Waals surface area contributed by atoms with Crippen LogP contribution >= 0.6 is 0 Å². The first-order valence-electron chi connectivity index (χ1n) is 5.42. The summed E-state index contributed by atoms with van der Waals surface area (Å²) in [5.41, 5.74) is 0. The van der Waals surface area contributed by atoms with E-state index in [0.717, 1.165) is 17.3 Å². The second-order valence-corrected chi connectivity index (χ2v) is 3.87. The van der Waals surface area contributed by atoms with E-state index >= 15 is 0 Å². The van der Waals surface area contributed by atoms with Gasteiger partial charge in [0.15, 0.2) is 6.19 Å². The van der Waals surface area contributed by atoms with Crippen molar-refractivity contribution in [3.8, 4) is 6.19 Å². The van der Waals surface area contributed by atoms with Crippen LogP contribution in [0.1, 0.15) is 11.5 Å². The highest BCUT2D eigenvalue weighted by molar-refractivity contribution is 5.49. The Morgan fingerprint density at radius 1 is 1.44 bits per heavy atom. The zero-order valence-electron chi connectivity index (χ0n) is 10.2. The predicted molar refractivity (Wildman–Crippen MR) is 66.8 cm³/mol. The third kappa shape index (κ3) is 2.77. The molecule has 0 aliphatic carbocycles. The SMILES string of the molecule is Cc1ccc(CN(C)c2cc(NC#N)ncn2)o1. The Kier molecular flexibility index (Phi) is 3.44. The summed E-state index contributed by atoms with van der Waals surface area (Å²) in [7, 11) is 1.90. The van der Waals surface area contributed by atoms with E-state index in [1.165, 1.54) is 6.33 Å². The van der Waals surface area contributed by atoms with Gasteiger partial charge in [0.05, 0.1) is 6.54 Å². The average Bonchev–Trinajstić information content (AvgIpc) is 2.75. The lowest BCUT2D eigenvalue weighted by Gasteiger charge is -2.16. The van der Waals surface area contributed by atoms with Crippen molar-refractivity contribution in [1.29, 1.82) is 5.26 Å². The Morgan fingerprint density at radius 3 is 2.94 bits per heavy atom. The quantitative estimate of drug-likeness (QED) is 0.652. The molecule has 0 radical (unpaired) electrons. The van der Waals surface area contributed by atoms with Gasteiger partial charge in [0.1, 0.15) is 29.5 Å². The second kappa shape index (κ2) is 5.19. The van der Waals surface area contributed by atoms with E-state index < -0.39 is 0 Å². The molecule has 2 aromatic heterocycles. The van der Waals surface area contributed by atoms with Crippen LogP contribution in [0.15, 0.2) is 28.9 Å². The molecule has 0 unspecified atom stereocenters. The summed E-state index contributed by atoms with van der Waals surface area (Å²) in [6.45, 7) is 2.51. The van der Waals surface area contributed by atoms with Crippen molar-refractivity contribution in [2.75, 3.05) is 17.3 Å². The number of aromatic nitrogens is 2. The first-order valence-corrected chi connectivity index (χ1v) is 5.42. The molecule has 0 aromatic carbocycles. The molecule has 0 bridgehead atoms. The smallest absolute Gasteiger partial charge is 0.182 e. The zero-order valence-corrected chi connectivity index (χ0v) is 10.2. The number of furan rings is 1. The maximum absolute atomic E-state index is 8.54. The molecule has 1 N–H and O–H groups in total. The fraction of sp³-hybridized carbons (Fsp3) is 0.250. The summed E-state index contributed by atoms with van der Waals surface area (Å²) in [6.07, 6.45) is 3.24. The zero-order chi connectivity index (χ0) is 13.0. The summed E-state index contributed by atoms with van der Waals surface area (Å²) in [5, 5.41) is 11.0. The topological polar surface area (TPSA) is 78.0 Å². The van der Waals surface area contributed by atoms with Gasteiger partial charge in [0.25, 0.3) is 0 Å². The van der Waals surface area contributed by atoms with E-state index in [0.29, 0.717) is 12.4 Å². The van der Waals surface area contributed by atoms with Gasteiger partial charge in [-0.15, -0.1) is 0 Å². The molecule has 92 valence electrons. The number of hydrogen-bond donors (Lipinski definition) is 1. The molecule has 0 saturated heterocycles. The van der Waals surface area contributed by atoms with Crippen LogP contribution in [0.4, 0.5) is 11.6 Å². The van der Waals surface area contributed by atoms with Crippen LogP contribution in [0.25, 0.3) is 0 Å². The predicted octanol–water partition coefficient (Wildman–Crippen LogP) is 1.91. The minimum absolute atomic E-state index is 0.477. The molecule has 18 heavy (non-hydrogen) atoms. The van der Waals surface area contributed by atoms with Crippen molar-refractivity contribution < 1.29 is 4.42 Å². The van der Waals surface area contributed by atoms with E-state index in [4.69, 9.17) is 9.68 Å². The van der Waals surface area contributed by atoms with Crippen molar-refractivity contribution in [1.82, 2.24) is 9.97 Å². The Labute approximate surface area is 105 Å². The summed E-state index contributed by atoms with van der Waals surface area (Å²) >= 11 is 0. The van der Waals surface area contributed by atoms with Crippen LogP contribution in [-0.4, -0.2) is 17.0 Å². The third-order valence-corrected chi connectivity index (χ3v) is 2.42. The largest absolute Gasteiger partial charge is 0.464 e. The van der Waals surface area contributed by atoms with Crippen molar-refractivity contribution >= 4 is 11.6 Å². The number of rotatable bonds is 4. The van der Waals surface area contributed by atoms with Gasteiger partial charge in [0.2, 0.25) is 0 Å². The van der Waals surface area contributed by atoms with Gasteiger partial charge in [-0.2, -0.15) is 5.26 Å². The lowest BCUT2D eigenvalue weighted by Crippen LogP contribution is -2.17. The number of nitrogens with zero attached hydrogens (tertiary/aromatic N) is 4. The van der Waals surface area contributed by atoms with Crippen LogP contribution < -0.4 is 10.2 Å². The molecule has 6 heteroatoms. The van der Waals surface area contributed by atoms with Crippen molar-refractivity contribution in [3.05, 3.63) is 36.0 Å². The van der Waals surface area contributed by atoms with Crippen molar-refractivity contribution in [3.63, 3.8) is 0 Å².